The maximum Gasteiger partial charge on any atom is 0.271 e. The van der Waals surface area contributed by atoms with Gasteiger partial charge < -0.3 is 5.32 Å². The first-order valence-corrected chi connectivity index (χ1v) is 7.25. The summed E-state index contributed by atoms with van der Waals surface area (Å²) in [6.45, 7) is 0. The van der Waals surface area contributed by atoms with Crippen LogP contribution in [0.3, 0.4) is 0 Å². The number of rotatable bonds is 3. The van der Waals surface area contributed by atoms with Gasteiger partial charge in [-0.25, -0.2) is 0 Å². The van der Waals surface area contributed by atoms with E-state index in [1.807, 2.05) is 0 Å². The lowest BCUT2D eigenvalue weighted by Gasteiger charge is -2.22. The van der Waals surface area contributed by atoms with Gasteiger partial charge in [0.05, 0.1) is 15.6 Å². The van der Waals surface area contributed by atoms with E-state index < -0.39 is 0 Å². The molecule has 0 bridgehead atoms. The first-order chi connectivity index (χ1) is 9.16. The van der Waals surface area contributed by atoms with Crippen molar-refractivity contribution in [1.29, 1.82) is 0 Å². The van der Waals surface area contributed by atoms with Crippen molar-refractivity contribution in [3.63, 3.8) is 0 Å². The first kappa shape index (κ1) is 14.1. The molecule has 1 aliphatic carbocycles. The Morgan fingerprint density at radius 3 is 2.42 bits per heavy atom. The molecule has 0 aliphatic heterocycles. The molecular weight excluding hydrogens is 264 g/mol. The zero-order chi connectivity index (χ0) is 13.7. The maximum absolute atomic E-state index is 10.8. The highest BCUT2D eigenvalue weighted by Crippen LogP contribution is 2.29. The number of nitro groups is 1. The van der Waals surface area contributed by atoms with Crippen LogP contribution in [0.5, 0.6) is 0 Å². The summed E-state index contributed by atoms with van der Waals surface area (Å²) in [5.74, 6) is 0. The zero-order valence-electron chi connectivity index (χ0n) is 10.9. The minimum atomic E-state index is -0.389. The fourth-order valence-corrected chi connectivity index (χ4v) is 2.73. The van der Waals surface area contributed by atoms with Crippen LogP contribution in [0.2, 0.25) is 5.02 Å². The number of nitro benzene ring substituents is 1. The largest absolute Gasteiger partial charge is 0.381 e. The van der Waals surface area contributed by atoms with Gasteiger partial charge in [0.1, 0.15) is 0 Å². The second kappa shape index (κ2) is 6.75. The minimum absolute atomic E-state index is 0.0812. The van der Waals surface area contributed by atoms with Crippen LogP contribution in [0.1, 0.15) is 44.9 Å². The number of hydrogen-bond acceptors (Lipinski definition) is 3. The Hall–Kier alpha value is -1.29. The maximum atomic E-state index is 10.8. The van der Waals surface area contributed by atoms with Crippen LogP contribution in [0.15, 0.2) is 18.2 Å². The highest BCUT2D eigenvalue weighted by Gasteiger charge is 2.15. The molecule has 0 atom stereocenters. The lowest BCUT2D eigenvalue weighted by atomic mass is 9.96. The SMILES string of the molecule is O=[N+]([O-])c1ccc(Cl)c(NC2CCCCCCC2)c1. The summed E-state index contributed by atoms with van der Waals surface area (Å²) in [6, 6.07) is 4.93. The molecule has 5 heteroatoms. The van der Waals surface area contributed by atoms with Crippen LogP contribution < -0.4 is 5.32 Å². The molecule has 19 heavy (non-hydrogen) atoms. The molecule has 0 aromatic heterocycles. The van der Waals surface area contributed by atoms with Crippen LogP contribution >= 0.6 is 11.6 Å². The van der Waals surface area contributed by atoms with Crippen LogP contribution in [0.4, 0.5) is 11.4 Å². The van der Waals surface area contributed by atoms with Gasteiger partial charge >= 0.3 is 0 Å². The van der Waals surface area contributed by atoms with E-state index in [9.17, 15) is 10.1 Å². The van der Waals surface area contributed by atoms with Crippen LogP contribution in [0.25, 0.3) is 0 Å². The van der Waals surface area contributed by atoms with Crippen LogP contribution in [0, 0.1) is 10.1 Å². The quantitative estimate of drug-likeness (QED) is 0.641. The smallest absolute Gasteiger partial charge is 0.271 e. The van der Waals surface area contributed by atoms with E-state index >= 15 is 0 Å². The van der Waals surface area contributed by atoms with Gasteiger partial charge in [-0.3, -0.25) is 10.1 Å². The average Bonchev–Trinajstić information content (AvgIpc) is 2.34. The third-order valence-corrected chi connectivity index (χ3v) is 3.96. The molecular formula is C14H19ClN2O2. The van der Waals surface area contributed by atoms with Crippen molar-refractivity contribution in [2.45, 2.75) is 51.0 Å². The van der Waals surface area contributed by atoms with Gasteiger partial charge in [0.15, 0.2) is 0 Å². The number of nitrogens with zero attached hydrogens (tertiary/aromatic N) is 1. The fourth-order valence-electron chi connectivity index (χ4n) is 2.56. The second-order valence-corrected chi connectivity index (χ2v) is 5.51. The van der Waals surface area contributed by atoms with Crippen molar-refractivity contribution < 1.29 is 4.92 Å². The summed E-state index contributed by atoms with van der Waals surface area (Å²) < 4.78 is 0. The lowest BCUT2D eigenvalue weighted by molar-refractivity contribution is -0.384. The predicted octanol–water partition coefficient (Wildman–Crippen LogP) is 4.77. The zero-order valence-corrected chi connectivity index (χ0v) is 11.7. The molecule has 104 valence electrons. The normalized spacial score (nSPS) is 17.5. The Morgan fingerprint density at radius 2 is 1.79 bits per heavy atom. The summed E-state index contributed by atoms with van der Waals surface area (Å²) in [6.07, 6.45) is 8.53. The van der Waals surface area contributed by atoms with Crippen molar-refractivity contribution in [2.75, 3.05) is 5.32 Å². The molecule has 1 fully saturated rings. The summed E-state index contributed by atoms with van der Waals surface area (Å²) >= 11 is 6.11. The molecule has 0 spiro atoms. The van der Waals surface area contributed by atoms with Gasteiger partial charge in [0.2, 0.25) is 0 Å². The van der Waals surface area contributed by atoms with Crippen LogP contribution in [-0.2, 0) is 0 Å². The van der Waals surface area contributed by atoms with E-state index in [2.05, 4.69) is 5.32 Å². The molecule has 0 unspecified atom stereocenters. The van der Waals surface area contributed by atoms with E-state index in [1.165, 1.54) is 44.2 Å². The second-order valence-electron chi connectivity index (χ2n) is 5.11. The van der Waals surface area contributed by atoms with E-state index in [0.29, 0.717) is 16.8 Å². The van der Waals surface area contributed by atoms with Crippen molar-refractivity contribution in [1.82, 2.24) is 0 Å². The van der Waals surface area contributed by atoms with E-state index in [1.54, 1.807) is 6.07 Å². The molecule has 0 radical (unpaired) electrons. The Balaban J connectivity index is 2.07. The number of halogens is 1. The van der Waals surface area contributed by atoms with Crippen molar-refractivity contribution >= 4 is 23.0 Å². The Bertz CT molecular complexity index is 443. The third kappa shape index (κ3) is 4.10. The highest BCUT2D eigenvalue weighted by atomic mass is 35.5. The number of anilines is 1. The Labute approximate surface area is 118 Å². The van der Waals surface area contributed by atoms with E-state index in [-0.39, 0.29) is 10.6 Å². The molecule has 0 amide bonds. The third-order valence-electron chi connectivity index (χ3n) is 3.63. The molecule has 1 N–H and O–H groups in total. The number of benzene rings is 1. The minimum Gasteiger partial charge on any atom is -0.381 e. The van der Waals surface area contributed by atoms with Gasteiger partial charge in [-0.15, -0.1) is 0 Å². The monoisotopic (exact) mass is 282 g/mol. The molecule has 1 saturated carbocycles. The molecule has 1 aromatic rings. The molecule has 0 saturated heterocycles. The molecule has 0 heterocycles. The number of non-ortho nitro benzene ring substituents is 1. The van der Waals surface area contributed by atoms with E-state index in [4.69, 9.17) is 11.6 Å². The summed E-state index contributed by atoms with van der Waals surface area (Å²) in [7, 11) is 0. The summed E-state index contributed by atoms with van der Waals surface area (Å²) in [4.78, 5) is 10.4. The van der Waals surface area contributed by atoms with Crippen molar-refractivity contribution in [3.05, 3.63) is 33.3 Å². The van der Waals surface area contributed by atoms with Gasteiger partial charge in [0.25, 0.3) is 5.69 Å². The molecule has 2 rings (SSSR count). The van der Waals surface area contributed by atoms with Gasteiger partial charge in [-0.1, -0.05) is 43.7 Å². The Kier molecular flexibility index (Phi) is 5.02. The topological polar surface area (TPSA) is 55.2 Å². The first-order valence-electron chi connectivity index (χ1n) is 6.87. The molecule has 1 aliphatic rings. The van der Waals surface area contributed by atoms with Crippen molar-refractivity contribution in [3.8, 4) is 0 Å². The molecule has 1 aromatic carbocycles. The van der Waals surface area contributed by atoms with Crippen LogP contribution in [-0.4, -0.2) is 11.0 Å². The fraction of sp³-hybridized carbons (Fsp3) is 0.571. The standard InChI is InChI=1S/C14H19ClN2O2/c15-13-9-8-12(17(18)19)10-14(13)16-11-6-4-2-1-3-5-7-11/h8-11,16H,1-7H2. The highest BCUT2D eigenvalue weighted by molar-refractivity contribution is 6.33. The Morgan fingerprint density at radius 1 is 1.16 bits per heavy atom. The average molecular weight is 283 g/mol. The number of nitrogens with one attached hydrogen (secondary N) is 1. The van der Waals surface area contributed by atoms with Crippen molar-refractivity contribution in [2.24, 2.45) is 0 Å². The van der Waals surface area contributed by atoms with E-state index in [0.717, 1.165) is 12.8 Å². The van der Waals surface area contributed by atoms with Gasteiger partial charge in [-0.2, -0.15) is 0 Å². The van der Waals surface area contributed by atoms with Gasteiger partial charge in [-0.05, 0) is 18.9 Å². The molecule has 4 nitrogen and oxygen atoms in total. The lowest BCUT2D eigenvalue weighted by Crippen LogP contribution is -2.20. The summed E-state index contributed by atoms with van der Waals surface area (Å²) in [5.41, 5.74) is 0.763. The number of hydrogen-bond donors (Lipinski definition) is 1. The van der Waals surface area contributed by atoms with Gasteiger partial charge in [0, 0.05) is 18.2 Å². The summed E-state index contributed by atoms with van der Waals surface area (Å²) in [5, 5.41) is 14.7. The predicted molar refractivity (Wildman–Crippen MR) is 77.8 cm³/mol.